The summed E-state index contributed by atoms with van der Waals surface area (Å²) >= 11 is 0. The van der Waals surface area contributed by atoms with Gasteiger partial charge in [-0.2, -0.15) is 0 Å². The Bertz CT molecular complexity index is 1780. The first kappa shape index (κ1) is 22.4. The van der Waals surface area contributed by atoms with Gasteiger partial charge in [0.05, 0.1) is 11.3 Å². The van der Waals surface area contributed by atoms with E-state index in [0.29, 0.717) is 0 Å². The summed E-state index contributed by atoms with van der Waals surface area (Å²) in [5.41, 5.74) is 9.08. The van der Waals surface area contributed by atoms with E-state index in [4.69, 9.17) is 4.98 Å². The summed E-state index contributed by atoms with van der Waals surface area (Å²) in [6, 6.07) is 46.0. The van der Waals surface area contributed by atoms with Crippen LogP contribution < -0.4 is 0 Å². The molecular weight excluding hydrogens is 617 g/mol. The van der Waals surface area contributed by atoms with E-state index in [2.05, 4.69) is 120 Å². The van der Waals surface area contributed by atoms with Crippen molar-refractivity contribution in [1.29, 1.82) is 0 Å². The van der Waals surface area contributed by atoms with Gasteiger partial charge in [0.25, 0.3) is 0 Å². The third-order valence-corrected chi connectivity index (χ3v) is 6.77. The van der Waals surface area contributed by atoms with E-state index in [9.17, 15) is 0 Å². The van der Waals surface area contributed by atoms with Gasteiger partial charge in [0, 0.05) is 37.4 Å². The molecule has 5 aromatic carbocycles. The molecule has 173 valence electrons. The molecule has 0 aliphatic rings. The maximum atomic E-state index is 4.97. The molecule has 0 spiro atoms. The Morgan fingerprint density at radius 1 is 0.583 bits per heavy atom. The average Bonchev–Trinajstić information content (AvgIpc) is 3.39. The van der Waals surface area contributed by atoms with Gasteiger partial charge in [-0.1, -0.05) is 102 Å². The predicted octanol–water partition coefficient (Wildman–Crippen LogP) is 8.44. The fourth-order valence-electron chi connectivity index (χ4n) is 5.24. The van der Waals surface area contributed by atoms with Crippen LogP contribution in [0.5, 0.6) is 0 Å². The van der Waals surface area contributed by atoms with Crippen molar-refractivity contribution in [3.05, 3.63) is 134 Å². The molecular formula is C33H21IrN2-. The Labute approximate surface area is 223 Å². The summed E-state index contributed by atoms with van der Waals surface area (Å²) < 4.78 is 2.31. The van der Waals surface area contributed by atoms with Gasteiger partial charge < -0.3 is 4.40 Å². The summed E-state index contributed by atoms with van der Waals surface area (Å²) in [4.78, 5) is 4.97. The summed E-state index contributed by atoms with van der Waals surface area (Å²) in [6.45, 7) is 0. The predicted molar refractivity (Wildman–Crippen MR) is 145 cm³/mol. The molecule has 0 unspecified atom stereocenters. The van der Waals surface area contributed by atoms with Gasteiger partial charge in [-0.05, 0) is 33.7 Å². The van der Waals surface area contributed by atoms with Crippen LogP contribution in [0.2, 0.25) is 0 Å². The molecule has 1 radical (unpaired) electrons. The zero-order valence-corrected chi connectivity index (χ0v) is 21.7. The van der Waals surface area contributed by atoms with Crippen molar-refractivity contribution in [2.45, 2.75) is 0 Å². The third kappa shape index (κ3) is 3.48. The minimum Gasteiger partial charge on any atom is -0.333 e. The minimum atomic E-state index is 0. The molecule has 0 aliphatic heterocycles. The molecule has 0 saturated heterocycles. The second-order valence-electron chi connectivity index (χ2n) is 8.74. The molecule has 2 nitrogen and oxygen atoms in total. The van der Waals surface area contributed by atoms with Crippen LogP contribution in [0.3, 0.4) is 0 Å². The van der Waals surface area contributed by atoms with Crippen LogP contribution in [-0.2, 0) is 20.1 Å². The van der Waals surface area contributed by atoms with E-state index >= 15 is 0 Å². The van der Waals surface area contributed by atoms with Crippen LogP contribution in [0, 0.1) is 6.07 Å². The molecule has 2 aromatic heterocycles. The normalized spacial score (nSPS) is 11.1. The standard InChI is InChI=1S/C33H21N2.Ir/c1-3-12-23(13-4-1)25-19-11-20-26(24-14-5-2-6-15-24)32(25)31-22-34-33-29-18-8-7-16-27(29)28-17-9-10-21-30(28)35(31)33;/h1-17,19-22H;/q-1;. The Kier molecular flexibility index (Phi) is 5.73. The van der Waals surface area contributed by atoms with E-state index in [0.717, 1.165) is 22.2 Å². The average molecular weight is 638 g/mol. The number of para-hydroxylation sites is 1. The monoisotopic (exact) mass is 638 g/mol. The number of pyridine rings is 1. The van der Waals surface area contributed by atoms with Gasteiger partial charge in [0.2, 0.25) is 0 Å². The molecule has 2 heterocycles. The number of rotatable bonds is 3. The van der Waals surface area contributed by atoms with Crippen LogP contribution >= 0.6 is 0 Å². The van der Waals surface area contributed by atoms with E-state index in [1.54, 1.807) is 0 Å². The second kappa shape index (κ2) is 9.20. The fourth-order valence-corrected chi connectivity index (χ4v) is 5.24. The fraction of sp³-hybridized carbons (Fsp3) is 0. The molecule has 0 saturated carbocycles. The zero-order valence-electron chi connectivity index (χ0n) is 19.4. The number of nitrogens with zero attached hydrogens (tertiary/aromatic N) is 2. The van der Waals surface area contributed by atoms with Gasteiger partial charge in [-0.3, -0.25) is 4.98 Å². The molecule has 0 N–H and O–H groups in total. The summed E-state index contributed by atoms with van der Waals surface area (Å²) in [6.07, 6.45) is 2.02. The SMILES string of the molecule is [Ir].[c-]1cccc2c1c1ncc(-c3c(-c4ccccc4)cccc3-c3ccccc3)n1c1ccccc21. The molecule has 0 fully saturated rings. The number of imidazole rings is 1. The Hall–Kier alpha value is -4.04. The van der Waals surface area contributed by atoms with Crippen LogP contribution in [0.15, 0.2) is 128 Å². The topological polar surface area (TPSA) is 17.3 Å². The molecule has 3 heteroatoms. The van der Waals surface area contributed by atoms with Gasteiger partial charge in [-0.25, -0.2) is 0 Å². The van der Waals surface area contributed by atoms with Crippen molar-refractivity contribution in [1.82, 2.24) is 9.38 Å². The van der Waals surface area contributed by atoms with E-state index < -0.39 is 0 Å². The first-order chi connectivity index (χ1) is 17.4. The Morgan fingerprint density at radius 2 is 1.19 bits per heavy atom. The van der Waals surface area contributed by atoms with Gasteiger partial charge in [0.1, 0.15) is 0 Å². The van der Waals surface area contributed by atoms with E-state index in [1.165, 1.54) is 38.6 Å². The largest absolute Gasteiger partial charge is 0.333 e. The summed E-state index contributed by atoms with van der Waals surface area (Å²) in [5.74, 6) is 0. The molecule has 7 aromatic rings. The molecule has 7 rings (SSSR count). The van der Waals surface area contributed by atoms with Crippen molar-refractivity contribution in [2.75, 3.05) is 0 Å². The number of hydrogen-bond acceptors (Lipinski definition) is 1. The first-order valence-corrected chi connectivity index (χ1v) is 11.8. The van der Waals surface area contributed by atoms with Crippen molar-refractivity contribution < 1.29 is 20.1 Å². The van der Waals surface area contributed by atoms with Crippen LogP contribution in [0.1, 0.15) is 0 Å². The van der Waals surface area contributed by atoms with Gasteiger partial charge in [-0.15, -0.1) is 29.7 Å². The van der Waals surface area contributed by atoms with E-state index in [1.807, 2.05) is 18.3 Å². The van der Waals surface area contributed by atoms with Crippen LogP contribution in [-0.4, -0.2) is 9.38 Å². The van der Waals surface area contributed by atoms with Gasteiger partial charge in [0.15, 0.2) is 0 Å². The van der Waals surface area contributed by atoms with Crippen molar-refractivity contribution in [3.8, 4) is 33.5 Å². The van der Waals surface area contributed by atoms with Crippen molar-refractivity contribution in [2.24, 2.45) is 0 Å². The molecule has 36 heavy (non-hydrogen) atoms. The van der Waals surface area contributed by atoms with Crippen LogP contribution in [0.4, 0.5) is 0 Å². The smallest absolute Gasteiger partial charge is 0.0646 e. The molecule has 0 aliphatic carbocycles. The molecule has 0 bridgehead atoms. The third-order valence-electron chi connectivity index (χ3n) is 6.77. The number of aromatic nitrogens is 2. The van der Waals surface area contributed by atoms with Crippen molar-refractivity contribution >= 4 is 27.3 Å². The summed E-state index contributed by atoms with van der Waals surface area (Å²) in [5, 5.41) is 3.41. The Balaban J connectivity index is 0.00000240. The zero-order chi connectivity index (χ0) is 23.2. The van der Waals surface area contributed by atoms with Crippen LogP contribution in [0.25, 0.3) is 60.8 Å². The van der Waals surface area contributed by atoms with E-state index in [-0.39, 0.29) is 20.1 Å². The second-order valence-corrected chi connectivity index (χ2v) is 8.74. The Morgan fingerprint density at radius 3 is 1.89 bits per heavy atom. The van der Waals surface area contributed by atoms with Gasteiger partial charge >= 0.3 is 0 Å². The number of hydrogen-bond donors (Lipinski definition) is 0. The quantitative estimate of drug-likeness (QED) is 0.140. The summed E-state index contributed by atoms with van der Waals surface area (Å²) in [7, 11) is 0. The number of benzene rings is 5. The van der Waals surface area contributed by atoms with Crippen molar-refractivity contribution in [3.63, 3.8) is 0 Å². The number of fused-ring (bicyclic) bond motifs is 6. The maximum absolute atomic E-state index is 4.97. The minimum absolute atomic E-state index is 0. The first-order valence-electron chi connectivity index (χ1n) is 11.8. The molecule has 0 amide bonds. The maximum Gasteiger partial charge on any atom is 0.0646 e. The molecule has 0 atom stereocenters.